The Morgan fingerprint density at radius 1 is 1.18 bits per heavy atom. The molecule has 2 heteroatoms. The van der Waals surface area contributed by atoms with Crippen molar-refractivity contribution in [3.63, 3.8) is 0 Å². The molecule has 1 atom stereocenters. The minimum Gasteiger partial charge on any atom is -0.307 e. The highest BCUT2D eigenvalue weighted by molar-refractivity contribution is 5.87. The number of Topliss-reactive ketones (excluding diaryl/α,β-unsaturated/α-hetero) is 1. The Hall–Kier alpha value is -0.370. The molecule has 2 rings (SSSR count). The zero-order valence-electron chi connectivity index (χ0n) is 6.81. The summed E-state index contributed by atoms with van der Waals surface area (Å²) in [5.74, 6) is 0.916. The van der Waals surface area contributed by atoms with Crippen LogP contribution in [0.4, 0.5) is 0 Å². The van der Waals surface area contributed by atoms with Crippen LogP contribution >= 0.6 is 0 Å². The molecule has 0 aromatic rings. The van der Waals surface area contributed by atoms with Gasteiger partial charge in [-0.3, -0.25) is 4.79 Å². The molecule has 0 amide bonds. The summed E-state index contributed by atoms with van der Waals surface area (Å²) in [4.78, 5) is 11.6. The molecular weight excluding hydrogens is 138 g/mol. The molecule has 1 aliphatic carbocycles. The van der Waals surface area contributed by atoms with E-state index in [1.54, 1.807) is 0 Å². The number of ketones is 1. The zero-order chi connectivity index (χ0) is 7.68. The van der Waals surface area contributed by atoms with Crippen LogP contribution < -0.4 is 5.32 Å². The molecule has 2 fully saturated rings. The third kappa shape index (κ3) is 1.32. The van der Waals surface area contributed by atoms with E-state index in [0.29, 0.717) is 11.7 Å². The molecule has 2 aliphatic rings. The molecule has 0 spiro atoms. The third-order valence-electron chi connectivity index (χ3n) is 2.91. The van der Waals surface area contributed by atoms with Crippen LogP contribution in [0.5, 0.6) is 0 Å². The molecular formula is C9H15NO. The van der Waals surface area contributed by atoms with Crippen molar-refractivity contribution in [3.8, 4) is 0 Å². The smallest absolute Gasteiger partial charge is 0.152 e. The molecule has 2 nitrogen and oxygen atoms in total. The number of hydrogen-bond donors (Lipinski definition) is 1. The van der Waals surface area contributed by atoms with E-state index in [1.807, 2.05) is 0 Å². The lowest BCUT2D eigenvalue weighted by Crippen LogP contribution is -2.38. The van der Waals surface area contributed by atoms with Gasteiger partial charge in [-0.25, -0.2) is 0 Å². The first-order chi connectivity index (χ1) is 5.38. The third-order valence-corrected chi connectivity index (χ3v) is 2.91. The van der Waals surface area contributed by atoms with Crippen molar-refractivity contribution >= 4 is 5.78 Å². The Balaban J connectivity index is 1.87. The summed E-state index contributed by atoms with van der Waals surface area (Å²) >= 11 is 0. The van der Waals surface area contributed by atoms with Gasteiger partial charge in [0.15, 0.2) is 5.78 Å². The van der Waals surface area contributed by atoms with Gasteiger partial charge in [-0.05, 0) is 32.2 Å². The van der Waals surface area contributed by atoms with Gasteiger partial charge in [0.2, 0.25) is 0 Å². The maximum Gasteiger partial charge on any atom is 0.152 e. The molecule has 0 aromatic heterocycles. The summed E-state index contributed by atoms with van der Waals surface area (Å²) in [6.45, 7) is 1.04. The molecule has 1 unspecified atom stereocenters. The van der Waals surface area contributed by atoms with Crippen LogP contribution in [0.15, 0.2) is 0 Å². The van der Waals surface area contributed by atoms with Gasteiger partial charge in [-0.1, -0.05) is 6.42 Å². The van der Waals surface area contributed by atoms with E-state index in [2.05, 4.69) is 5.32 Å². The molecule has 11 heavy (non-hydrogen) atoms. The normalized spacial score (nSPS) is 31.8. The SMILES string of the molecule is O=C(C1CCC1)C1CCCN1. The number of carbonyl (C=O) groups excluding carboxylic acids is 1. The molecule has 1 heterocycles. The van der Waals surface area contributed by atoms with Gasteiger partial charge < -0.3 is 5.32 Å². The fourth-order valence-corrected chi connectivity index (χ4v) is 1.90. The topological polar surface area (TPSA) is 29.1 Å². The number of nitrogens with one attached hydrogen (secondary N) is 1. The van der Waals surface area contributed by atoms with E-state index in [1.165, 1.54) is 12.8 Å². The second-order valence-electron chi connectivity index (χ2n) is 3.68. The minimum absolute atomic E-state index is 0.222. The summed E-state index contributed by atoms with van der Waals surface area (Å²) < 4.78 is 0. The first kappa shape index (κ1) is 7.29. The molecule has 0 radical (unpaired) electrons. The molecule has 0 aromatic carbocycles. The Bertz CT molecular complexity index is 157. The summed E-state index contributed by atoms with van der Waals surface area (Å²) in [5.41, 5.74) is 0. The van der Waals surface area contributed by atoms with Gasteiger partial charge in [-0.2, -0.15) is 0 Å². The minimum atomic E-state index is 0.222. The van der Waals surface area contributed by atoms with Crippen molar-refractivity contribution in [1.82, 2.24) is 5.32 Å². The van der Waals surface area contributed by atoms with Gasteiger partial charge in [0.25, 0.3) is 0 Å². The fraction of sp³-hybridized carbons (Fsp3) is 0.889. The summed E-state index contributed by atoms with van der Waals surface area (Å²) in [5, 5.41) is 3.26. The van der Waals surface area contributed by atoms with E-state index < -0.39 is 0 Å². The highest BCUT2D eigenvalue weighted by Crippen LogP contribution is 2.29. The van der Waals surface area contributed by atoms with Crippen LogP contribution in [0, 0.1) is 5.92 Å². The van der Waals surface area contributed by atoms with Gasteiger partial charge in [0, 0.05) is 5.92 Å². The van der Waals surface area contributed by atoms with Crippen LogP contribution in [0.2, 0.25) is 0 Å². The monoisotopic (exact) mass is 153 g/mol. The van der Waals surface area contributed by atoms with Gasteiger partial charge >= 0.3 is 0 Å². The van der Waals surface area contributed by atoms with Crippen molar-refractivity contribution in [2.24, 2.45) is 5.92 Å². The highest BCUT2D eigenvalue weighted by Gasteiger charge is 2.32. The quantitative estimate of drug-likeness (QED) is 0.643. The Kier molecular flexibility index (Phi) is 1.95. The number of rotatable bonds is 2. The van der Waals surface area contributed by atoms with Crippen LogP contribution in [-0.2, 0) is 4.79 Å². The average molecular weight is 153 g/mol. The van der Waals surface area contributed by atoms with E-state index in [9.17, 15) is 4.79 Å². The summed E-state index contributed by atoms with van der Waals surface area (Å²) in [7, 11) is 0. The van der Waals surface area contributed by atoms with Crippen molar-refractivity contribution in [2.75, 3.05) is 6.54 Å². The van der Waals surface area contributed by atoms with Crippen molar-refractivity contribution in [2.45, 2.75) is 38.1 Å². The second-order valence-corrected chi connectivity index (χ2v) is 3.68. The summed E-state index contributed by atoms with van der Waals surface area (Å²) in [6.07, 6.45) is 5.83. The molecule has 62 valence electrons. The van der Waals surface area contributed by atoms with Crippen LogP contribution in [0.1, 0.15) is 32.1 Å². The standard InChI is InChI=1S/C9H15NO/c11-9(7-3-1-4-7)8-5-2-6-10-8/h7-8,10H,1-6H2. The summed E-state index contributed by atoms with van der Waals surface area (Å²) in [6, 6.07) is 0.222. The lowest BCUT2D eigenvalue weighted by molar-refractivity contribution is -0.126. The van der Waals surface area contributed by atoms with Crippen LogP contribution in [0.3, 0.4) is 0 Å². The Morgan fingerprint density at radius 3 is 2.45 bits per heavy atom. The zero-order valence-corrected chi connectivity index (χ0v) is 6.81. The number of hydrogen-bond acceptors (Lipinski definition) is 2. The van der Waals surface area contributed by atoms with Gasteiger partial charge in [0.05, 0.1) is 6.04 Å². The maximum atomic E-state index is 11.6. The highest BCUT2D eigenvalue weighted by atomic mass is 16.1. The van der Waals surface area contributed by atoms with Crippen molar-refractivity contribution in [3.05, 3.63) is 0 Å². The van der Waals surface area contributed by atoms with Gasteiger partial charge in [-0.15, -0.1) is 0 Å². The van der Waals surface area contributed by atoms with E-state index in [4.69, 9.17) is 0 Å². The molecule has 0 bridgehead atoms. The van der Waals surface area contributed by atoms with E-state index in [-0.39, 0.29) is 6.04 Å². The van der Waals surface area contributed by atoms with Gasteiger partial charge in [0.1, 0.15) is 0 Å². The van der Waals surface area contributed by atoms with Crippen LogP contribution in [-0.4, -0.2) is 18.4 Å². The maximum absolute atomic E-state index is 11.6. The van der Waals surface area contributed by atoms with E-state index in [0.717, 1.165) is 25.8 Å². The molecule has 1 N–H and O–H groups in total. The average Bonchev–Trinajstić information content (AvgIpc) is 2.32. The van der Waals surface area contributed by atoms with Crippen molar-refractivity contribution in [1.29, 1.82) is 0 Å². The lowest BCUT2D eigenvalue weighted by atomic mass is 9.79. The largest absolute Gasteiger partial charge is 0.307 e. The first-order valence-electron chi connectivity index (χ1n) is 4.65. The molecule has 1 aliphatic heterocycles. The lowest BCUT2D eigenvalue weighted by Gasteiger charge is -2.26. The predicted octanol–water partition coefficient (Wildman–Crippen LogP) is 1.11. The molecule has 1 saturated carbocycles. The van der Waals surface area contributed by atoms with E-state index >= 15 is 0 Å². The first-order valence-corrected chi connectivity index (χ1v) is 4.65. The second kappa shape index (κ2) is 2.94. The number of carbonyl (C=O) groups is 1. The van der Waals surface area contributed by atoms with Crippen molar-refractivity contribution < 1.29 is 4.79 Å². The Labute approximate surface area is 67.4 Å². The molecule has 1 saturated heterocycles. The fourth-order valence-electron chi connectivity index (χ4n) is 1.90. The van der Waals surface area contributed by atoms with Crippen LogP contribution in [0.25, 0.3) is 0 Å². The predicted molar refractivity (Wildman–Crippen MR) is 43.4 cm³/mol. The Morgan fingerprint density at radius 2 is 2.00 bits per heavy atom.